The minimum atomic E-state index is 0.573. The van der Waals surface area contributed by atoms with Crippen molar-refractivity contribution in [2.24, 2.45) is 0 Å². The second-order valence-electron chi connectivity index (χ2n) is 11.8. The Morgan fingerprint density at radius 2 is 1.15 bits per heavy atom. The van der Waals surface area contributed by atoms with Crippen LogP contribution in [0.3, 0.4) is 0 Å². The first-order valence-electron chi connectivity index (χ1n) is 15.8. The van der Waals surface area contributed by atoms with Gasteiger partial charge in [0, 0.05) is 54.2 Å². The summed E-state index contributed by atoms with van der Waals surface area (Å²) in [6, 6.07) is 47.8. The molecule has 6 aromatic carbocycles. The van der Waals surface area contributed by atoms with E-state index >= 15 is 0 Å². The van der Waals surface area contributed by atoms with Crippen molar-refractivity contribution in [3.63, 3.8) is 0 Å². The molecule has 224 valence electrons. The van der Waals surface area contributed by atoms with Gasteiger partial charge in [0.15, 0.2) is 23.1 Å². The van der Waals surface area contributed by atoms with Gasteiger partial charge in [0.1, 0.15) is 11.1 Å². The molecule has 0 aliphatic heterocycles. The predicted octanol–water partition coefficient (Wildman–Crippen LogP) is 11.4. The zero-order chi connectivity index (χ0) is 31.6. The summed E-state index contributed by atoms with van der Waals surface area (Å²) in [6.07, 6.45) is 1.96. The Morgan fingerprint density at radius 1 is 0.479 bits per heavy atom. The third-order valence-corrected chi connectivity index (χ3v) is 10.2. The van der Waals surface area contributed by atoms with Gasteiger partial charge in [0.25, 0.3) is 0 Å². The standard InChI is InChI=1S/C42H24N4OS/c1-3-12-26(13-4-1)40-44-41(27-14-5-2-6-15-27)46-42(45-40)32-19-10-20-33-37(32)38-34(47-33)23-28(24-43-38)30-17-9-18-31-36-29-16-8-7-11-25(29)21-22-35(36)48-39(30)31/h1-24H. The number of thiophene rings is 1. The quantitative estimate of drug-likeness (QED) is 0.193. The van der Waals surface area contributed by atoms with E-state index in [1.807, 2.05) is 96.4 Å². The van der Waals surface area contributed by atoms with Crippen LogP contribution >= 0.6 is 11.3 Å². The number of fused-ring (bicyclic) bond motifs is 8. The van der Waals surface area contributed by atoms with Crippen LogP contribution in [0.5, 0.6) is 0 Å². The molecule has 0 aliphatic carbocycles. The van der Waals surface area contributed by atoms with Crippen LogP contribution in [0.1, 0.15) is 0 Å². The molecule has 5 nitrogen and oxygen atoms in total. The summed E-state index contributed by atoms with van der Waals surface area (Å²) in [5.41, 5.74) is 7.10. The SMILES string of the molecule is c1ccc(-c2nc(-c3ccccc3)nc(-c3cccc4oc5cc(-c6cccc7c6sc6ccc8ccccc8c67)cnc5c34)n2)cc1. The zero-order valence-corrected chi connectivity index (χ0v) is 26.3. The fraction of sp³-hybridized carbons (Fsp3) is 0. The molecule has 6 heteroatoms. The van der Waals surface area contributed by atoms with Crippen molar-refractivity contribution in [2.45, 2.75) is 0 Å². The Morgan fingerprint density at radius 3 is 1.94 bits per heavy atom. The highest BCUT2D eigenvalue weighted by Gasteiger charge is 2.20. The lowest BCUT2D eigenvalue weighted by Crippen LogP contribution is -2.00. The van der Waals surface area contributed by atoms with Crippen LogP contribution in [0, 0.1) is 0 Å². The number of aromatic nitrogens is 4. The molecule has 0 fully saturated rings. The van der Waals surface area contributed by atoms with Gasteiger partial charge in [-0.3, -0.25) is 4.98 Å². The highest BCUT2D eigenvalue weighted by atomic mass is 32.1. The van der Waals surface area contributed by atoms with E-state index in [-0.39, 0.29) is 0 Å². The second kappa shape index (κ2) is 10.7. The molecule has 0 atom stereocenters. The van der Waals surface area contributed by atoms with Crippen molar-refractivity contribution in [1.29, 1.82) is 0 Å². The third kappa shape index (κ3) is 4.24. The Bertz CT molecular complexity index is 2780. The summed E-state index contributed by atoms with van der Waals surface area (Å²) in [6.45, 7) is 0. The molecule has 4 aromatic heterocycles. The van der Waals surface area contributed by atoms with Gasteiger partial charge in [-0.2, -0.15) is 0 Å². The van der Waals surface area contributed by atoms with Crippen LogP contribution in [0.25, 0.3) is 98.3 Å². The average molecular weight is 633 g/mol. The molecule has 0 radical (unpaired) electrons. The molecule has 0 saturated carbocycles. The maximum atomic E-state index is 6.50. The Labute approximate surface area is 278 Å². The van der Waals surface area contributed by atoms with Gasteiger partial charge < -0.3 is 4.42 Å². The summed E-state index contributed by atoms with van der Waals surface area (Å²) < 4.78 is 9.03. The molecule has 0 bridgehead atoms. The summed E-state index contributed by atoms with van der Waals surface area (Å²) >= 11 is 1.83. The number of pyridine rings is 1. The summed E-state index contributed by atoms with van der Waals surface area (Å²) in [5.74, 6) is 1.80. The zero-order valence-electron chi connectivity index (χ0n) is 25.5. The number of furan rings is 1. The summed E-state index contributed by atoms with van der Waals surface area (Å²) in [5, 5.41) is 5.98. The summed E-state index contributed by atoms with van der Waals surface area (Å²) in [7, 11) is 0. The van der Waals surface area contributed by atoms with E-state index in [4.69, 9.17) is 24.4 Å². The molecule has 10 aromatic rings. The monoisotopic (exact) mass is 632 g/mol. The molecule has 0 unspecified atom stereocenters. The lowest BCUT2D eigenvalue weighted by atomic mass is 10.0. The van der Waals surface area contributed by atoms with Gasteiger partial charge in [0.05, 0.1) is 5.39 Å². The average Bonchev–Trinajstić information content (AvgIpc) is 3.74. The lowest BCUT2D eigenvalue weighted by molar-refractivity contribution is 0.668. The van der Waals surface area contributed by atoms with E-state index < -0.39 is 0 Å². The number of benzene rings is 6. The topological polar surface area (TPSA) is 64.7 Å². The summed E-state index contributed by atoms with van der Waals surface area (Å²) in [4.78, 5) is 19.9. The molecule has 48 heavy (non-hydrogen) atoms. The first kappa shape index (κ1) is 26.9. The number of nitrogens with zero attached hydrogens (tertiary/aromatic N) is 4. The van der Waals surface area contributed by atoms with Crippen LogP contribution in [0.2, 0.25) is 0 Å². The minimum absolute atomic E-state index is 0.573. The van der Waals surface area contributed by atoms with Crippen molar-refractivity contribution in [2.75, 3.05) is 0 Å². The van der Waals surface area contributed by atoms with Crippen LogP contribution in [-0.2, 0) is 0 Å². The molecule has 0 amide bonds. The fourth-order valence-corrected chi connectivity index (χ4v) is 8.00. The van der Waals surface area contributed by atoms with Crippen LogP contribution in [-0.4, -0.2) is 19.9 Å². The van der Waals surface area contributed by atoms with Gasteiger partial charge in [-0.15, -0.1) is 11.3 Å². The Balaban J connectivity index is 1.16. The Hall–Kier alpha value is -6.24. The molecule has 0 N–H and O–H groups in total. The van der Waals surface area contributed by atoms with E-state index in [0.29, 0.717) is 17.5 Å². The van der Waals surface area contributed by atoms with Gasteiger partial charge in [-0.05, 0) is 29.0 Å². The van der Waals surface area contributed by atoms with Crippen LogP contribution < -0.4 is 0 Å². The maximum Gasteiger partial charge on any atom is 0.164 e. The highest BCUT2D eigenvalue weighted by molar-refractivity contribution is 7.26. The van der Waals surface area contributed by atoms with Crippen molar-refractivity contribution >= 4 is 64.4 Å². The largest absolute Gasteiger partial charge is 0.454 e. The smallest absolute Gasteiger partial charge is 0.164 e. The highest BCUT2D eigenvalue weighted by Crippen LogP contribution is 2.44. The van der Waals surface area contributed by atoms with E-state index in [0.717, 1.165) is 49.9 Å². The molecule has 10 rings (SSSR count). The predicted molar refractivity (Wildman–Crippen MR) is 197 cm³/mol. The lowest BCUT2D eigenvalue weighted by Gasteiger charge is -2.09. The molecule has 0 aliphatic rings. The van der Waals surface area contributed by atoms with Crippen LogP contribution in [0.15, 0.2) is 150 Å². The molecular formula is C42H24N4OS. The van der Waals surface area contributed by atoms with E-state index in [9.17, 15) is 0 Å². The number of hydrogen-bond acceptors (Lipinski definition) is 6. The van der Waals surface area contributed by atoms with E-state index in [2.05, 4.69) is 60.7 Å². The van der Waals surface area contributed by atoms with E-state index in [1.54, 1.807) is 0 Å². The minimum Gasteiger partial charge on any atom is -0.454 e. The number of rotatable bonds is 4. The molecular weight excluding hydrogens is 609 g/mol. The maximum absolute atomic E-state index is 6.50. The van der Waals surface area contributed by atoms with Crippen LogP contribution in [0.4, 0.5) is 0 Å². The van der Waals surface area contributed by atoms with Crippen molar-refractivity contribution in [1.82, 2.24) is 19.9 Å². The van der Waals surface area contributed by atoms with Crippen molar-refractivity contribution in [3.05, 3.63) is 146 Å². The first-order valence-corrected chi connectivity index (χ1v) is 16.6. The molecule has 0 saturated heterocycles. The normalized spacial score (nSPS) is 11.8. The Kier molecular flexibility index (Phi) is 5.98. The molecule has 0 spiro atoms. The van der Waals surface area contributed by atoms with Crippen molar-refractivity contribution < 1.29 is 4.42 Å². The van der Waals surface area contributed by atoms with Gasteiger partial charge in [0.2, 0.25) is 0 Å². The third-order valence-electron chi connectivity index (χ3n) is 8.97. The molecule has 4 heterocycles. The van der Waals surface area contributed by atoms with Gasteiger partial charge in [-0.1, -0.05) is 121 Å². The fourth-order valence-electron chi connectivity index (χ4n) is 6.75. The first-order chi connectivity index (χ1) is 23.8. The van der Waals surface area contributed by atoms with E-state index in [1.165, 1.54) is 30.9 Å². The van der Waals surface area contributed by atoms with Gasteiger partial charge in [-0.25, -0.2) is 15.0 Å². The van der Waals surface area contributed by atoms with Gasteiger partial charge >= 0.3 is 0 Å². The second-order valence-corrected chi connectivity index (χ2v) is 12.9. The van der Waals surface area contributed by atoms with Crippen molar-refractivity contribution in [3.8, 4) is 45.3 Å². The number of hydrogen-bond donors (Lipinski definition) is 0.